The molecule has 56 valence electrons. The van der Waals surface area contributed by atoms with Crippen molar-refractivity contribution in [3.8, 4) is 0 Å². The molecule has 0 spiro atoms. The summed E-state index contributed by atoms with van der Waals surface area (Å²) in [4.78, 5) is 0. The molecule has 0 saturated carbocycles. The van der Waals surface area contributed by atoms with Crippen LogP contribution in [0.4, 0.5) is 0 Å². The number of halogens is 2. The largest absolute Gasteiger partial charge is 0.754 e. The molecule has 0 bridgehead atoms. The number of rotatable bonds is 1. The van der Waals surface area contributed by atoms with Gasteiger partial charge in [0.1, 0.15) is 0 Å². The van der Waals surface area contributed by atoms with Gasteiger partial charge in [-0.05, 0) is 0 Å². The first kappa shape index (κ1) is 8.00. The van der Waals surface area contributed by atoms with Crippen LogP contribution < -0.4 is 0 Å². The topological polar surface area (TPSA) is 57.9 Å². The minimum Gasteiger partial charge on any atom is -0.754 e. The zero-order valence-corrected chi connectivity index (χ0v) is 6.78. The highest BCUT2D eigenvalue weighted by Crippen LogP contribution is 2.18. The van der Waals surface area contributed by atoms with Gasteiger partial charge in [-0.3, -0.25) is 4.21 Å². The van der Waals surface area contributed by atoms with Gasteiger partial charge in [-0.25, -0.2) is 0 Å². The van der Waals surface area contributed by atoms with Gasteiger partial charge in [0.15, 0.2) is 5.15 Å². The van der Waals surface area contributed by atoms with Crippen LogP contribution in [0.15, 0.2) is 6.20 Å². The first-order valence-electron chi connectivity index (χ1n) is 2.11. The molecule has 7 heteroatoms. The third-order valence-electron chi connectivity index (χ3n) is 0.760. The third-order valence-corrected chi connectivity index (χ3v) is 1.90. The number of nitrogens with zero attached hydrogens (tertiary/aromatic N) is 2. The summed E-state index contributed by atoms with van der Waals surface area (Å²) in [5.41, 5.74) is 0. The first-order valence-corrected chi connectivity index (χ1v) is 3.90. The molecular formula is C3HCl2N2O2S-. The fourth-order valence-corrected chi connectivity index (χ4v) is 1.09. The molecule has 1 unspecified atom stereocenters. The van der Waals surface area contributed by atoms with Gasteiger partial charge in [-0.1, -0.05) is 23.2 Å². The molecule has 10 heavy (non-hydrogen) atoms. The maximum Gasteiger partial charge on any atom is 0.170 e. The summed E-state index contributed by atoms with van der Waals surface area (Å²) in [6.45, 7) is 0. The molecule has 1 aromatic heterocycles. The highest BCUT2D eigenvalue weighted by molar-refractivity contribution is 7.77. The molecule has 1 heterocycles. The Balaban J connectivity index is 3.10. The van der Waals surface area contributed by atoms with Crippen molar-refractivity contribution in [2.45, 2.75) is 0 Å². The fourth-order valence-electron chi connectivity index (χ4n) is 0.390. The molecule has 0 N–H and O–H groups in total. The van der Waals surface area contributed by atoms with Crippen LogP contribution in [-0.4, -0.2) is 17.9 Å². The van der Waals surface area contributed by atoms with Gasteiger partial charge in [-0.2, -0.15) is 4.09 Å². The maximum atomic E-state index is 10.1. The minimum atomic E-state index is -2.43. The van der Waals surface area contributed by atoms with Crippen LogP contribution in [-0.2, 0) is 11.3 Å². The third kappa shape index (κ3) is 1.49. The fraction of sp³-hybridized carbons (Fsp3) is 0. The van der Waals surface area contributed by atoms with Crippen molar-refractivity contribution in [3.05, 3.63) is 16.4 Å². The average molecular weight is 200 g/mol. The lowest BCUT2D eigenvalue weighted by Gasteiger charge is -2.00. The van der Waals surface area contributed by atoms with E-state index in [2.05, 4.69) is 5.10 Å². The summed E-state index contributed by atoms with van der Waals surface area (Å²) in [5, 5.41) is 3.44. The SMILES string of the molecule is O=S([O-])n1cc(Cl)c(Cl)n1. The monoisotopic (exact) mass is 199 g/mol. The molecule has 1 aromatic rings. The second-order valence-electron chi connectivity index (χ2n) is 1.39. The molecule has 0 fully saturated rings. The van der Waals surface area contributed by atoms with E-state index in [-0.39, 0.29) is 10.2 Å². The Bertz CT molecular complexity index is 254. The molecule has 1 rings (SSSR count). The summed E-state index contributed by atoms with van der Waals surface area (Å²) in [5.74, 6) is 0. The van der Waals surface area contributed by atoms with Crippen LogP contribution in [0.3, 0.4) is 0 Å². The molecule has 4 nitrogen and oxygen atoms in total. The number of hydrogen-bond donors (Lipinski definition) is 0. The van der Waals surface area contributed by atoms with Gasteiger partial charge in [0.2, 0.25) is 0 Å². The van der Waals surface area contributed by atoms with Gasteiger partial charge < -0.3 is 4.55 Å². The summed E-state index contributed by atoms with van der Waals surface area (Å²) >= 11 is 8.29. The first-order chi connectivity index (χ1) is 4.61. The Kier molecular flexibility index (Phi) is 2.30. The van der Waals surface area contributed by atoms with E-state index in [1.54, 1.807) is 0 Å². The molecule has 0 saturated heterocycles. The lowest BCUT2D eigenvalue weighted by atomic mass is 10.7. The van der Waals surface area contributed by atoms with Crippen molar-refractivity contribution >= 4 is 34.5 Å². The van der Waals surface area contributed by atoms with E-state index < -0.39 is 11.3 Å². The lowest BCUT2D eigenvalue weighted by Crippen LogP contribution is -2.02. The normalized spacial score (nSPS) is 13.5. The Morgan fingerprint density at radius 3 is 2.50 bits per heavy atom. The van der Waals surface area contributed by atoms with Crippen LogP contribution in [0.1, 0.15) is 0 Å². The van der Waals surface area contributed by atoms with Gasteiger partial charge in [0.25, 0.3) is 0 Å². The molecule has 0 radical (unpaired) electrons. The Hall–Kier alpha value is -0.100. The van der Waals surface area contributed by atoms with Gasteiger partial charge in [0, 0.05) is 0 Å². The summed E-state index contributed by atoms with van der Waals surface area (Å²) in [6, 6.07) is 0. The van der Waals surface area contributed by atoms with Crippen molar-refractivity contribution in [2.75, 3.05) is 0 Å². The Morgan fingerprint density at radius 1 is 1.70 bits per heavy atom. The summed E-state index contributed by atoms with van der Waals surface area (Å²) < 4.78 is 20.9. The lowest BCUT2D eigenvalue weighted by molar-refractivity contribution is 0.521. The van der Waals surface area contributed by atoms with Crippen LogP contribution in [0, 0.1) is 0 Å². The summed E-state index contributed by atoms with van der Waals surface area (Å²) in [6.07, 6.45) is 1.10. The molecule has 0 amide bonds. The number of aromatic nitrogens is 2. The summed E-state index contributed by atoms with van der Waals surface area (Å²) in [7, 11) is 0. The standard InChI is InChI=1S/C3H2Cl2N2O2S/c4-2-1-7(10(8)9)6-3(2)5/h1H,(H,8,9)/p-1. The quantitative estimate of drug-likeness (QED) is 0.631. The van der Waals surface area contributed by atoms with Crippen molar-refractivity contribution in [1.82, 2.24) is 9.19 Å². The molecule has 0 aliphatic heterocycles. The van der Waals surface area contributed by atoms with Crippen molar-refractivity contribution in [1.29, 1.82) is 0 Å². The molecular weight excluding hydrogens is 199 g/mol. The second-order valence-corrected chi connectivity index (χ2v) is 2.96. The van der Waals surface area contributed by atoms with Crippen molar-refractivity contribution in [2.24, 2.45) is 0 Å². The zero-order valence-electron chi connectivity index (χ0n) is 4.45. The average Bonchev–Trinajstić information content (AvgIpc) is 2.13. The van der Waals surface area contributed by atoms with Gasteiger partial charge in [0.05, 0.1) is 22.5 Å². The van der Waals surface area contributed by atoms with Gasteiger partial charge in [-0.15, -0.1) is 5.10 Å². The molecule has 0 aromatic carbocycles. The van der Waals surface area contributed by atoms with Crippen LogP contribution in [0.25, 0.3) is 0 Å². The van der Waals surface area contributed by atoms with E-state index >= 15 is 0 Å². The highest BCUT2D eigenvalue weighted by Gasteiger charge is 2.02. The predicted octanol–water partition coefficient (Wildman–Crippen LogP) is 0.832. The molecule has 0 aliphatic carbocycles. The van der Waals surface area contributed by atoms with E-state index in [1.807, 2.05) is 0 Å². The van der Waals surface area contributed by atoms with Crippen molar-refractivity contribution in [3.63, 3.8) is 0 Å². The zero-order chi connectivity index (χ0) is 7.72. The molecule has 0 aliphatic rings. The smallest absolute Gasteiger partial charge is 0.170 e. The van der Waals surface area contributed by atoms with Crippen molar-refractivity contribution < 1.29 is 8.76 Å². The maximum absolute atomic E-state index is 10.1. The van der Waals surface area contributed by atoms with Crippen LogP contribution in [0.2, 0.25) is 10.2 Å². The van der Waals surface area contributed by atoms with E-state index in [4.69, 9.17) is 23.2 Å². The number of hydrogen-bond acceptors (Lipinski definition) is 3. The Labute approximate surface area is 69.2 Å². The van der Waals surface area contributed by atoms with E-state index in [0.29, 0.717) is 4.09 Å². The molecule has 1 atom stereocenters. The van der Waals surface area contributed by atoms with E-state index in [9.17, 15) is 8.76 Å². The van der Waals surface area contributed by atoms with Crippen LogP contribution >= 0.6 is 23.2 Å². The van der Waals surface area contributed by atoms with Crippen LogP contribution in [0.5, 0.6) is 0 Å². The highest BCUT2D eigenvalue weighted by atomic mass is 35.5. The Morgan fingerprint density at radius 2 is 2.30 bits per heavy atom. The second kappa shape index (κ2) is 2.87. The minimum absolute atomic E-state index is 0.0223. The predicted molar refractivity (Wildman–Crippen MR) is 36.6 cm³/mol. The van der Waals surface area contributed by atoms with E-state index in [1.165, 1.54) is 0 Å². The van der Waals surface area contributed by atoms with Gasteiger partial charge >= 0.3 is 0 Å². The van der Waals surface area contributed by atoms with E-state index in [0.717, 1.165) is 6.20 Å².